The lowest BCUT2D eigenvalue weighted by molar-refractivity contribution is 0.145. The highest BCUT2D eigenvalue weighted by molar-refractivity contribution is 5.18. The second-order valence-electron chi connectivity index (χ2n) is 2.32. The van der Waals surface area contributed by atoms with Crippen LogP contribution in [0.2, 0.25) is 0 Å². The van der Waals surface area contributed by atoms with Crippen LogP contribution in [0.1, 0.15) is 13.3 Å². The van der Waals surface area contributed by atoms with Gasteiger partial charge in [0, 0.05) is 5.92 Å². The van der Waals surface area contributed by atoms with Crippen LogP contribution in [0, 0.1) is 5.92 Å². The van der Waals surface area contributed by atoms with E-state index in [1.54, 1.807) is 0 Å². The smallest absolute Gasteiger partial charge is 0.0635 e. The van der Waals surface area contributed by atoms with E-state index in [1.165, 1.54) is 0 Å². The lowest BCUT2D eigenvalue weighted by Gasteiger charge is -2.10. The molecule has 1 heteroatoms. The maximum Gasteiger partial charge on any atom is 0.0635 e. The zero-order valence-corrected chi connectivity index (χ0v) is 5.62. The van der Waals surface area contributed by atoms with Crippen LogP contribution in [0.4, 0.5) is 0 Å². The van der Waals surface area contributed by atoms with E-state index in [2.05, 4.69) is 0 Å². The molecular weight excluding hydrogens is 112 g/mol. The molecule has 50 valence electrons. The van der Waals surface area contributed by atoms with Crippen LogP contribution in [0.3, 0.4) is 0 Å². The van der Waals surface area contributed by atoms with Crippen LogP contribution in [0.15, 0.2) is 24.3 Å². The van der Waals surface area contributed by atoms with E-state index in [9.17, 15) is 5.11 Å². The van der Waals surface area contributed by atoms with E-state index < -0.39 is 0 Å². The molecule has 1 N–H and O–H groups in total. The third-order valence-electron chi connectivity index (χ3n) is 1.64. The molecule has 0 aromatic rings. The second-order valence-corrected chi connectivity index (χ2v) is 2.32. The Morgan fingerprint density at radius 1 is 1.44 bits per heavy atom. The van der Waals surface area contributed by atoms with Gasteiger partial charge in [-0.3, -0.25) is 0 Å². The van der Waals surface area contributed by atoms with Crippen molar-refractivity contribution in [1.82, 2.24) is 0 Å². The molecule has 0 heterocycles. The van der Waals surface area contributed by atoms with Gasteiger partial charge in [-0.25, -0.2) is 0 Å². The average molecular weight is 124 g/mol. The first-order chi connectivity index (χ1) is 4.34. The number of rotatable bonds is 2. The Balaban J connectivity index is 2.43. The van der Waals surface area contributed by atoms with Crippen molar-refractivity contribution in [3.8, 4) is 0 Å². The number of hydrogen-bond donors (Lipinski definition) is 1. The van der Waals surface area contributed by atoms with Gasteiger partial charge in [0.2, 0.25) is 0 Å². The fourth-order valence-electron chi connectivity index (χ4n) is 0.978. The average Bonchev–Trinajstić information content (AvgIpc) is 2.37. The Kier molecular flexibility index (Phi) is 2.06. The molecule has 1 nitrogen and oxygen atoms in total. The predicted octanol–water partition coefficient (Wildman–Crippen LogP) is 1.50. The number of aliphatic hydroxyl groups is 1. The van der Waals surface area contributed by atoms with Crippen LogP contribution in [0.25, 0.3) is 0 Å². The SMILES string of the molecule is CC[C@@H](O)C1C=CC=C1. The van der Waals surface area contributed by atoms with Gasteiger partial charge < -0.3 is 5.11 Å². The summed E-state index contributed by atoms with van der Waals surface area (Å²) in [5, 5.41) is 9.26. The normalized spacial score (nSPS) is 21.1. The quantitative estimate of drug-likeness (QED) is 0.591. The van der Waals surface area contributed by atoms with Crippen LogP contribution >= 0.6 is 0 Å². The lowest BCUT2D eigenvalue weighted by Crippen LogP contribution is -2.13. The van der Waals surface area contributed by atoms with Crippen LogP contribution < -0.4 is 0 Å². The summed E-state index contributed by atoms with van der Waals surface area (Å²) in [5.41, 5.74) is 0. The van der Waals surface area contributed by atoms with Gasteiger partial charge in [-0.2, -0.15) is 0 Å². The van der Waals surface area contributed by atoms with Crippen molar-refractivity contribution in [3.63, 3.8) is 0 Å². The van der Waals surface area contributed by atoms with Crippen LogP contribution in [-0.4, -0.2) is 11.2 Å². The molecule has 0 amide bonds. The minimum Gasteiger partial charge on any atom is -0.392 e. The van der Waals surface area contributed by atoms with Gasteiger partial charge >= 0.3 is 0 Å². The minimum atomic E-state index is -0.181. The highest BCUT2D eigenvalue weighted by Crippen LogP contribution is 2.15. The molecule has 1 atom stereocenters. The van der Waals surface area contributed by atoms with Crippen molar-refractivity contribution in [2.24, 2.45) is 5.92 Å². The maximum atomic E-state index is 9.26. The molecule has 9 heavy (non-hydrogen) atoms. The van der Waals surface area contributed by atoms with E-state index in [0.29, 0.717) is 0 Å². The molecule has 0 aliphatic heterocycles. The molecule has 0 saturated carbocycles. The molecule has 1 aliphatic carbocycles. The first kappa shape index (κ1) is 6.56. The molecule has 0 bridgehead atoms. The summed E-state index contributed by atoms with van der Waals surface area (Å²) >= 11 is 0. The van der Waals surface area contributed by atoms with Gasteiger partial charge in [-0.1, -0.05) is 31.2 Å². The molecule has 0 saturated heterocycles. The van der Waals surface area contributed by atoms with Crippen LogP contribution in [-0.2, 0) is 0 Å². The highest BCUT2D eigenvalue weighted by Gasteiger charge is 2.11. The van der Waals surface area contributed by atoms with Gasteiger partial charge in [0.25, 0.3) is 0 Å². The maximum absolute atomic E-state index is 9.26. The van der Waals surface area contributed by atoms with E-state index >= 15 is 0 Å². The summed E-state index contributed by atoms with van der Waals surface area (Å²) in [4.78, 5) is 0. The van der Waals surface area contributed by atoms with Crippen molar-refractivity contribution in [3.05, 3.63) is 24.3 Å². The van der Waals surface area contributed by atoms with E-state index in [-0.39, 0.29) is 12.0 Å². The standard InChI is InChI=1S/C8H12O/c1-2-8(9)7-5-3-4-6-7/h3-9H,2H2,1H3/t8-/m1/s1. The Bertz CT molecular complexity index is 124. The third-order valence-corrected chi connectivity index (χ3v) is 1.64. The summed E-state index contributed by atoms with van der Waals surface area (Å²) in [6, 6.07) is 0. The summed E-state index contributed by atoms with van der Waals surface area (Å²) < 4.78 is 0. The van der Waals surface area contributed by atoms with Crippen molar-refractivity contribution in [1.29, 1.82) is 0 Å². The largest absolute Gasteiger partial charge is 0.392 e. The Morgan fingerprint density at radius 2 is 2.00 bits per heavy atom. The van der Waals surface area contributed by atoms with Crippen molar-refractivity contribution < 1.29 is 5.11 Å². The van der Waals surface area contributed by atoms with Crippen molar-refractivity contribution >= 4 is 0 Å². The van der Waals surface area contributed by atoms with E-state index in [4.69, 9.17) is 0 Å². The zero-order valence-electron chi connectivity index (χ0n) is 5.62. The predicted molar refractivity (Wildman–Crippen MR) is 38.1 cm³/mol. The zero-order chi connectivity index (χ0) is 6.69. The van der Waals surface area contributed by atoms with Gasteiger partial charge in [0.15, 0.2) is 0 Å². The molecule has 1 rings (SSSR count). The number of hydrogen-bond acceptors (Lipinski definition) is 1. The molecular formula is C8H12O. The first-order valence-corrected chi connectivity index (χ1v) is 3.37. The van der Waals surface area contributed by atoms with Crippen molar-refractivity contribution in [2.45, 2.75) is 19.4 Å². The monoisotopic (exact) mass is 124 g/mol. The van der Waals surface area contributed by atoms with Gasteiger partial charge in [-0.05, 0) is 6.42 Å². The summed E-state index contributed by atoms with van der Waals surface area (Å²) in [6.07, 6.45) is 8.65. The van der Waals surface area contributed by atoms with Crippen LogP contribution in [0.5, 0.6) is 0 Å². The highest BCUT2D eigenvalue weighted by atomic mass is 16.3. The Labute approximate surface area is 55.7 Å². The molecule has 0 unspecified atom stereocenters. The van der Waals surface area contributed by atoms with Gasteiger partial charge in [-0.15, -0.1) is 0 Å². The van der Waals surface area contributed by atoms with Gasteiger partial charge in [0.05, 0.1) is 6.10 Å². The fraction of sp³-hybridized carbons (Fsp3) is 0.500. The topological polar surface area (TPSA) is 20.2 Å². The molecule has 0 radical (unpaired) electrons. The number of aliphatic hydroxyl groups excluding tert-OH is 1. The van der Waals surface area contributed by atoms with E-state index in [0.717, 1.165) is 6.42 Å². The van der Waals surface area contributed by atoms with Crippen molar-refractivity contribution in [2.75, 3.05) is 0 Å². The molecule has 0 aromatic heterocycles. The number of allylic oxidation sites excluding steroid dienone is 2. The first-order valence-electron chi connectivity index (χ1n) is 3.37. The Morgan fingerprint density at radius 3 is 2.44 bits per heavy atom. The summed E-state index contributed by atoms with van der Waals surface area (Å²) in [5.74, 6) is 0.273. The van der Waals surface area contributed by atoms with E-state index in [1.807, 2.05) is 31.2 Å². The molecule has 0 fully saturated rings. The lowest BCUT2D eigenvalue weighted by atomic mass is 10.0. The fourth-order valence-corrected chi connectivity index (χ4v) is 0.978. The third kappa shape index (κ3) is 1.42. The van der Waals surface area contributed by atoms with Gasteiger partial charge in [0.1, 0.15) is 0 Å². The second kappa shape index (κ2) is 2.83. The minimum absolute atomic E-state index is 0.181. The molecule has 0 aromatic carbocycles. The Hall–Kier alpha value is -0.560. The molecule has 0 spiro atoms. The summed E-state index contributed by atoms with van der Waals surface area (Å²) in [6.45, 7) is 1.99. The molecule has 1 aliphatic rings. The summed E-state index contributed by atoms with van der Waals surface area (Å²) in [7, 11) is 0.